The number of carbonyl (C=O) groups is 1. The largest absolute Gasteiger partial charge is 0.496 e. The molecule has 32 heavy (non-hydrogen) atoms. The number of pyridine rings is 1. The van der Waals surface area contributed by atoms with Crippen molar-refractivity contribution in [2.45, 2.75) is 64.8 Å². The molecular formula is C24H32BNO6. The van der Waals surface area contributed by atoms with Crippen LogP contribution < -0.4 is 10.2 Å². The predicted octanol–water partition coefficient (Wildman–Crippen LogP) is 3.27. The highest BCUT2D eigenvalue weighted by Crippen LogP contribution is 2.43. The summed E-state index contributed by atoms with van der Waals surface area (Å²) in [6, 6.07) is 7.88. The van der Waals surface area contributed by atoms with Gasteiger partial charge in [0.1, 0.15) is 12.4 Å². The van der Waals surface area contributed by atoms with Crippen LogP contribution in [-0.2, 0) is 23.6 Å². The van der Waals surface area contributed by atoms with Crippen LogP contribution in [-0.4, -0.2) is 55.7 Å². The highest BCUT2D eigenvalue weighted by molar-refractivity contribution is 6.62. The van der Waals surface area contributed by atoms with E-state index in [0.717, 1.165) is 22.1 Å². The van der Waals surface area contributed by atoms with E-state index in [-0.39, 0.29) is 23.3 Å². The molecule has 2 heterocycles. The molecule has 0 N–H and O–H groups in total. The molecule has 2 fully saturated rings. The molecule has 4 rings (SSSR count). The maximum atomic E-state index is 11.7. The molecule has 7 nitrogen and oxygen atoms in total. The highest BCUT2D eigenvalue weighted by atomic mass is 16.7. The monoisotopic (exact) mass is 441 g/mol. The molecule has 1 saturated heterocycles. The van der Waals surface area contributed by atoms with Crippen molar-refractivity contribution in [3.05, 3.63) is 30.5 Å². The number of esters is 1. The van der Waals surface area contributed by atoms with Crippen molar-refractivity contribution in [3.63, 3.8) is 0 Å². The molecule has 1 aliphatic heterocycles. The van der Waals surface area contributed by atoms with Gasteiger partial charge in [0.25, 0.3) is 0 Å². The zero-order chi connectivity index (χ0) is 23.1. The van der Waals surface area contributed by atoms with Crippen LogP contribution in [0.3, 0.4) is 0 Å². The van der Waals surface area contributed by atoms with Crippen molar-refractivity contribution in [3.8, 4) is 5.75 Å². The van der Waals surface area contributed by atoms with Gasteiger partial charge in [-0.05, 0) is 59.6 Å². The number of hydrogen-bond donors (Lipinski definition) is 0. The molecular weight excluding hydrogens is 409 g/mol. The van der Waals surface area contributed by atoms with E-state index in [0.29, 0.717) is 26.1 Å². The first-order chi connectivity index (χ1) is 15.0. The molecule has 0 amide bonds. The summed E-state index contributed by atoms with van der Waals surface area (Å²) in [4.78, 5) is 16.3. The number of methoxy groups -OCH3 is 1. The Labute approximate surface area is 189 Å². The molecule has 1 aromatic heterocycles. The third-order valence-electron chi connectivity index (χ3n) is 6.94. The van der Waals surface area contributed by atoms with Gasteiger partial charge in [-0.25, -0.2) is 0 Å². The summed E-state index contributed by atoms with van der Waals surface area (Å²) >= 11 is 0. The summed E-state index contributed by atoms with van der Waals surface area (Å²) in [6.07, 6.45) is 3.25. The molecule has 8 heteroatoms. The van der Waals surface area contributed by atoms with Crippen molar-refractivity contribution in [2.75, 3.05) is 20.3 Å². The summed E-state index contributed by atoms with van der Waals surface area (Å²) in [6.45, 7) is 11.0. The van der Waals surface area contributed by atoms with E-state index >= 15 is 0 Å². The van der Waals surface area contributed by atoms with Gasteiger partial charge in [0.05, 0.1) is 42.0 Å². The minimum atomic E-state index is -0.433. The van der Waals surface area contributed by atoms with Crippen LogP contribution in [0, 0.1) is 5.41 Å². The number of benzene rings is 1. The minimum absolute atomic E-state index is 0.0781. The third-order valence-corrected chi connectivity index (χ3v) is 6.94. The first-order valence-electron chi connectivity index (χ1n) is 11.1. The smallest absolute Gasteiger partial charge is 0.491 e. The Balaban J connectivity index is 1.29. The first-order valence-corrected chi connectivity index (χ1v) is 11.1. The van der Waals surface area contributed by atoms with Crippen LogP contribution in [0.5, 0.6) is 5.75 Å². The van der Waals surface area contributed by atoms with E-state index < -0.39 is 12.5 Å². The fourth-order valence-corrected chi connectivity index (χ4v) is 4.17. The number of fused-ring (bicyclic) bond motifs is 1. The molecule has 0 spiro atoms. The number of ether oxygens (including phenoxy) is 3. The van der Waals surface area contributed by atoms with E-state index in [4.69, 9.17) is 23.5 Å². The standard InChI is InChI=1S/C24H32BNO6/c1-22(2)23(3,4)32-25(31-22)17-11-16-7-8-18(12-20(16)26-15-17)29-9-10-30-19-13-24(5,14-19)21(27)28-6/h7-8,11-12,15,19H,9-10,13-14H2,1-6H3/t19-,24+. The summed E-state index contributed by atoms with van der Waals surface area (Å²) in [5, 5.41) is 0.998. The predicted molar refractivity (Wildman–Crippen MR) is 122 cm³/mol. The second-order valence-electron chi connectivity index (χ2n) is 10.0. The average molecular weight is 441 g/mol. The molecule has 1 aliphatic carbocycles. The quantitative estimate of drug-likeness (QED) is 0.371. The second-order valence-corrected chi connectivity index (χ2v) is 10.0. The van der Waals surface area contributed by atoms with Gasteiger partial charge in [-0.3, -0.25) is 9.78 Å². The van der Waals surface area contributed by atoms with Crippen LogP contribution in [0.1, 0.15) is 47.5 Å². The van der Waals surface area contributed by atoms with Crippen LogP contribution in [0.4, 0.5) is 0 Å². The molecule has 0 bridgehead atoms. The van der Waals surface area contributed by atoms with E-state index in [1.807, 2.05) is 58.9 Å². The van der Waals surface area contributed by atoms with Gasteiger partial charge >= 0.3 is 13.1 Å². The van der Waals surface area contributed by atoms with Gasteiger partial charge in [-0.1, -0.05) is 6.07 Å². The Hall–Kier alpha value is -2.16. The molecule has 1 aromatic carbocycles. The van der Waals surface area contributed by atoms with Crippen molar-refractivity contribution >= 4 is 29.5 Å². The Bertz CT molecular complexity index is 985. The van der Waals surface area contributed by atoms with Gasteiger partial charge in [0, 0.05) is 23.1 Å². The van der Waals surface area contributed by atoms with Crippen LogP contribution in [0.25, 0.3) is 10.9 Å². The third kappa shape index (κ3) is 4.36. The van der Waals surface area contributed by atoms with Gasteiger partial charge in [-0.15, -0.1) is 0 Å². The highest BCUT2D eigenvalue weighted by Gasteiger charge is 2.52. The average Bonchev–Trinajstić information content (AvgIpc) is 2.95. The van der Waals surface area contributed by atoms with Crippen LogP contribution >= 0.6 is 0 Å². The van der Waals surface area contributed by atoms with E-state index in [1.54, 1.807) is 6.20 Å². The van der Waals surface area contributed by atoms with E-state index in [1.165, 1.54) is 7.11 Å². The summed E-state index contributed by atoms with van der Waals surface area (Å²) in [5.74, 6) is 0.573. The number of carbonyl (C=O) groups excluding carboxylic acids is 1. The van der Waals surface area contributed by atoms with Crippen molar-refractivity contribution in [1.29, 1.82) is 0 Å². The number of nitrogens with zero attached hydrogens (tertiary/aromatic N) is 1. The lowest BCUT2D eigenvalue weighted by atomic mass is 9.68. The normalized spacial score (nSPS) is 26.1. The summed E-state index contributed by atoms with van der Waals surface area (Å²) < 4.78 is 28.7. The van der Waals surface area contributed by atoms with E-state index in [2.05, 4.69) is 4.98 Å². The molecule has 172 valence electrons. The minimum Gasteiger partial charge on any atom is -0.491 e. The second kappa shape index (κ2) is 8.32. The lowest BCUT2D eigenvalue weighted by Gasteiger charge is -2.42. The first kappa shape index (κ1) is 23.0. The van der Waals surface area contributed by atoms with Crippen LogP contribution in [0.15, 0.2) is 30.5 Å². The molecule has 0 atom stereocenters. The van der Waals surface area contributed by atoms with Crippen molar-refractivity contribution < 1.29 is 28.3 Å². The fourth-order valence-electron chi connectivity index (χ4n) is 4.17. The maximum Gasteiger partial charge on any atom is 0.496 e. The Morgan fingerprint density at radius 3 is 2.44 bits per heavy atom. The summed E-state index contributed by atoms with van der Waals surface area (Å²) in [7, 11) is 0.990. The molecule has 0 unspecified atom stereocenters. The van der Waals surface area contributed by atoms with Gasteiger partial charge < -0.3 is 23.5 Å². The van der Waals surface area contributed by atoms with Crippen LogP contribution in [0.2, 0.25) is 0 Å². The SMILES string of the molecule is COC(=O)[C@]1(C)C[C@H](OCCOc2ccc3cc(B4OC(C)(C)C(C)(C)O4)cnc3c2)C1. The van der Waals surface area contributed by atoms with E-state index in [9.17, 15) is 4.79 Å². The topological polar surface area (TPSA) is 76.1 Å². The Morgan fingerprint density at radius 2 is 1.78 bits per heavy atom. The number of aromatic nitrogens is 1. The maximum absolute atomic E-state index is 11.7. The fraction of sp³-hybridized carbons (Fsp3) is 0.583. The Morgan fingerprint density at radius 1 is 1.09 bits per heavy atom. The molecule has 0 radical (unpaired) electrons. The number of hydrogen-bond acceptors (Lipinski definition) is 7. The number of rotatable bonds is 7. The zero-order valence-corrected chi connectivity index (χ0v) is 19.8. The molecule has 2 aromatic rings. The van der Waals surface area contributed by atoms with Crippen molar-refractivity contribution in [2.24, 2.45) is 5.41 Å². The zero-order valence-electron chi connectivity index (χ0n) is 19.8. The summed E-state index contributed by atoms with van der Waals surface area (Å²) in [5.41, 5.74) is 0.561. The van der Waals surface area contributed by atoms with Gasteiger partial charge in [0.15, 0.2) is 0 Å². The lowest BCUT2D eigenvalue weighted by Crippen LogP contribution is -2.46. The molecule has 1 saturated carbocycles. The van der Waals surface area contributed by atoms with Gasteiger partial charge in [0.2, 0.25) is 0 Å². The Kier molecular flexibility index (Phi) is 5.99. The van der Waals surface area contributed by atoms with Gasteiger partial charge in [-0.2, -0.15) is 0 Å². The van der Waals surface area contributed by atoms with Crippen molar-refractivity contribution in [1.82, 2.24) is 4.98 Å². The molecule has 2 aliphatic rings. The lowest BCUT2D eigenvalue weighted by molar-refractivity contribution is -0.168.